The Morgan fingerprint density at radius 1 is 1.35 bits per heavy atom. The SMILES string of the molecule is CC[C@H](C)[C@@H](O)C(=O)N(C)Cc1ccccc1. The summed E-state index contributed by atoms with van der Waals surface area (Å²) in [6, 6.07) is 9.77. The minimum atomic E-state index is -0.895. The van der Waals surface area contributed by atoms with Gasteiger partial charge >= 0.3 is 0 Å². The molecule has 1 amide bonds. The van der Waals surface area contributed by atoms with Crippen molar-refractivity contribution in [2.24, 2.45) is 5.92 Å². The van der Waals surface area contributed by atoms with Crippen molar-refractivity contribution in [2.75, 3.05) is 7.05 Å². The molecule has 3 nitrogen and oxygen atoms in total. The molecule has 1 N–H and O–H groups in total. The van der Waals surface area contributed by atoms with Gasteiger partial charge in [0, 0.05) is 13.6 Å². The van der Waals surface area contributed by atoms with Crippen LogP contribution in [-0.4, -0.2) is 29.1 Å². The summed E-state index contributed by atoms with van der Waals surface area (Å²) in [5.74, 6) is -0.205. The van der Waals surface area contributed by atoms with E-state index in [2.05, 4.69) is 0 Å². The largest absolute Gasteiger partial charge is 0.383 e. The second-order valence-electron chi connectivity index (χ2n) is 4.51. The van der Waals surface area contributed by atoms with E-state index in [-0.39, 0.29) is 11.8 Å². The first-order chi connectivity index (χ1) is 8.06. The normalized spacial score (nSPS) is 14.1. The Morgan fingerprint density at radius 2 is 1.94 bits per heavy atom. The van der Waals surface area contributed by atoms with Gasteiger partial charge in [-0.3, -0.25) is 4.79 Å². The van der Waals surface area contributed by atoms with Gasteiger partial charge in [0.25, 0.3) is 5.91 Å². The molecule has 0 aliphatic carbocycles. The second-order valence-corrected chi connectivity index (χ2v) is 4.51. The molecule has 3 heteroatoms. The van der Waals surface area contributed by atoms with Crippen LogP contribution in [0.4, 0.5) is 0 Å². The zero-order chi connectivity index (χ0) is 12.8. The van der Waals surface area contributed by atoms with Gasteiger partial charge in [0.2, 0.25) is 0 Å². The van der Waals surface area contributed by atoms with Crippen LogP contribution in [0.3, 0.4) is 0 Å². The molecule has 1 rings (SSSR count). The van der Waals surface area contributed by atoms with Gasteiger partial charge in [0.05, 0.1) is 0 Å². The molecule has 0 aromatic heterocycles. The number of nitrogens with zero attached hydrogens (tertiary/aromatic N) is 1. The number of benzene rings is 1. The molecule has 0 aliphatic rings. The quantitative estimate of drug-likeness (QED) is 0.848. The number of hydrogen-bond donors (Lipinski definition) is 1. The maximum Gasteiger partial charge on any atom is 0.251 e. The summed E-state index contributed by atoms with van der Waals surface area (Å²) in [5.41, 5.74) is 1.07. The van der Waals surface area contributed by atoms with Crippen molar-refractivity contribution in [3.8, 4) is 0 Å². The summed E-state index contributed by atoms with van der Waals surface area (Å²) in [7, 11) is 1.72. The van der Waals surface area contributed by atoms with Gasteiger partial charge < -0.3 is 10.0 Å². The van der Waals surface area contributed by atoms with Gasteiger partial charge in [0.15, 0.2) is 0 Å². The first kappa shape index (κ1) is 13.7. The molecule has 0 aliphatic heterocycles. The topological polar surface area (TPSA) is 40.5 Å². The fourth-order valence-corrected chi connectivity index (χ4v) is 1.63. The van der Waals surface area contributed by atoms with Crippen LogP contribution in [0.2, 0.25) is 0 Å². The highest BCUT2D eigenvalue weighted by atomic mass is 16.3. The molecule has 0 spiro atoms. The smallest absolute Gasteiger partial charge is 0.251 e. The Hall–Kier alpha value is -1.35. The Balaban J connectivity index is 2.58. The number of aliphatic hydroxyl groups excluding tert-OH is 1. The molecule has 17 heavy (non-hydrogen) atoms. The maximum absolute atomic E-state index is 11.9. The fourth-order valence-electron chi connectivity index (χ4n) is 1.63. The standard InChI is InChI=1S/C14H21NO2/c1-4-11(2)13(16)14(17)15(3)10-12-8-6-5-7-9-12/h5-9,11,13,16H,4,10H2,1-3H3/t11-,13+/m0/s1. The van der Waals surface area contributed by atoms with Gasteiger partial charge in [-0.2, -0.15) is 0 Å². The van der Waals surface area contributed by atoms with Crippen LogP contribution >= 0.6 is 0 Å². The van der Waals surface area contributed by atoms with Gasteiger partial charge in [-0.15, -0.1) is 0 Å². The first-order valence-corrected chi connectivity index (χ1v) is 6.03. The summed E-state index contributed by atoms with van der Waals surface area (Å²) >= 11 is 0. The summed E-state index contributed by atoms with van der Waals surface area (Å²) in [5, 5.41) is 9.84. The minimum absolute atomic E-state index is 0.000670. The Morgan fingerprint density at radius 3 is 2.47 bits per heavy atom. The summed E-state index contributed by atoms with van der Waals surface area (Å²) in [4.78, 5) is 13.5. The number of aliphatic hydroxyl groups is 1. The number of amides is 1. The van der Waals surface area contributed by atoms with Crippen molar-refractivity contribution in [3.05, 3.63) is 35.9 Å². The Bertz CT molecular complexity index is 350. The lowest BCUT2D eigenvalue weighted by Crippen LogP contribution is -2.39. The predicted octanol–water partition coefficient (Wildman–Crippen LogP) is 2.05. The highest BCUT2D eigenvalue weighted by Gasteiger charge is 2.23. The van der Waals surface area contributed by atoms with E-state index < -0.39 is 6.10 Å². The van der Waals surface area contributed by atoms with E-state index in [4.69, 9.17) is 0 Å². The van der Waals surface area contributed by atoms with E-state index in [9.17, 15) is 9.90 Å². The van der Waals surface area contributed by atoms with Gasteiger partial charge in [-0.25, -0.2) is 0 Å². The highest BCUT2D eigenvalue weighted by Crippen LogP contribution is 2.11. The number of carbonyl (C=O) groups excluding carboxylic acids is 1. The summed E-state index contributed by atoms with van der Waals surface area (Å²) in [6.07, 6.45) is -0.0970. The van der Waals surface area contributed by atoms with Crippen LogP contribution in [-0.2, 0) is 11.3 Å². The molecule has 1 aromatic carbocycles. The Labute approximate surface area is 103 Å². The third kappa shape index (κ3) is 3.86. The summed E-state index contributed by atoms with van der Waals surface area (Å²) < 4.78 is 0. The second kappa shape index (κ2) is 6.40. The maximum atomic E-state index is 11.9. The lowest BCUT2D eigenvalue weighted by atomic mass is 10.0. The molecule has 0 fully saturated rings. The van der Waals surface area contributed by atoms with E-state index in [1.165, 1.54) is 0 Å². The minimum Gasteiger partial charge on any atom is -0.383 e. The fraction of sp³-hybridized carbons (Fsp3) is 0.500. The molecule has 0 radical (unpaired) electrons. The highest BCUT2D eigenvalue weighted by molar-refractivity contribution is 5.80. The lowest BCUT2D eigenvalue weighted by Gasteiger charge is -2.23. The van der Waals surface area contributed by atoms with Gasteiger partial charge in [0.1, 0.15) is 6.10 Å². The lowest BCUT2D eigenvalue weighted by molar-refractivity contribution is -0.142. The molecular formula is C14H21NO2. The van der Waals surface area contributed by atoms with Crippen LogP contribution in [0.5, 0.6) is 0 Å². The molecule has 0 saturated carbocycles. The molecule has 94 valence electrons. The monoisotopic (exact) mass is 235 g/mol. The zero-order valence-corrected chi connectivity index (χ0v) is 10.8. The van der Waals surface area contributed by atoms with E-state index in [1.54, 1.807) is 11.9 Å². The Kier molecular flexibility index (Phi) is 5.16. The van der Waals surface area contributed by atoms with Gasteiger partial charge in [-0.05, 0) is 11.5 Å². The molecule has 0 unspecified atom stereocenters. The number of hydrogen-bond acceptors (Lipinski definition) is 2. The van der Waals surface area contributed by atoms with E-state index in [0.29, 0.717) is 6.54 Å². The van der Waals surface area contributed by atoms with Crippen molar-refractivity contribution in [2.45, 2.75) is 32.9 Å². The molecule has 2 atom stereocenters. The number of carbonyl (C=O) groups is 1. The van der Waals surface area contributed by atoms with E-state index in [0.717, 1.165) is 12.0 Å². The first-order valence-electron chi connectivity index (χ1n) is 6.03. The third-order valence-electron chi connectivity index (χ3n) is 3.07. The molecular weight excluding hydrogens is 214 g/mol. The van der Waals surface area contributed by atoms with Crippen LogP contribution in [0.1, 0.15) is 25.8 Å². The zero-order valence-electron chi connectivity index (χ0n) is 10.8. The molecule has 0 bridgehead atoms. The van der Waals surface area contributed by atoms with Crippen molar-refractivity contribution in [1.82, 2.24) is 4.90 Å². The molecule has 0 heterocycles. The average molecular weight is 235 g/mol. The van der Waals surface area contributed by atoms with E-state index >= 15 is 0 Å². The van der Waals surface area contributed by atoms with Crippen molar-refractivity contribution < 1.29 is 9.90 Å². The van der Waals surface area contributed by atoms with Crippen LogP contribution < -0.4 is 0 Å². The predicted molar refractivity (Wildman–Crippen MR) is 68.4 cm³/mol. The van der Waals surface area contributed by atoms with Crippen LogP contribution in [0, 0.1) is 5.92 Å². The van der Waals surface area contributed by atoms with E-state index in [1.807, 2.05) is 44.2 Å². The average Bonchev–Trinajstić information content (AvgIpc) is 2.37. The molecule has 1 aromatic rings. The van der Waals surface area contributed by atoms with Crippen molar-refractivity contribution in [3.63, 3.8) is 0 Å². The van der Waals surface area contributed by atoms with Crippen LogP contribution in [0.15, 0.2) is 30.3 Å². The third-order valence-corrected chi connectivity index (χ3v) is 3.07. The van der Waals surface area contributed by atoms with Crippen molar-refractivity contribution in [1.29, 1.82) is 0 Å². The number of rotatable bonds is 5. The molecule has 0 saturated heterocycles. The van der Waals surface area contributed by atoms with Gasteiger partial charge in [-0.1, -0.05) is 50.6 Å². The number of likely N-dealkylation sites (N-methyl/N-ethyl adjacent to an activating group) is 1. The van der Waals surface area contributed by atoms with Crippen molar-refractivity contribution >= 4 is 5.91 Å². The summed E-state index contributed by atoms with van der Waals surface area (Å²) in [6.45, 7) is 4.39. The van der Waals surface area contributed by atoms with Crippen LogP contribution in [0.25, 0.3) is 0 Å².